The molecular formula is C23H35ClN6. The fourth-order valence-electron chi connectivity index (χ4n) is 4.32. The smallest absolute Gasteiger partial charge is 0.191 e. The SMILES string of the molecule is CN=C(NCC(c1cccc(Cl)c1)N1CCCC1)NC(C)Cc1c(C)nn(C)c1C. The van der Waals surface area contributed by atoms with Crippen LogP contribution in [-0.4, -0.2) is 53.4 Å². The molecule has 7 heteroatoms. The van der Waals surface area contributed by atoms with E-state index < -0.39 is 0 Å². The first-order valence-electron chi connectivity index (χ1n) is 10.8. The first kappa shape index (κ1) is 22.6. The molecule has 0 amide bonds. The Morgan fingerprint density at radius 1 is 1.27 bits per heavy atom. The summed E-state index contributed by atoms with van der Waals surface area (Å²) >= 11 is 6.28. The Hall–Kier alpha value is -2.05. The maximum Gasteiger partial charge on any atom is 0.191 e. The molecule has 1 aromatic heterocycles. The lowest BCUT2D eigenvalue weighted by molar-refractivity contribution is 0.245. The van der Waals surface area contributed by atoms with Gasteiger partial charge in [-0.2, -0.15) is 5.10 Å². The summed E-state index contributed by atoms with van der Waals surface area (Å²) in [6.45, 7) is 9.43. The molecule has 1 fully saturated rings. The number of aromatic nitrogens is 2. The van der Waals surface area contributed by atoms with Crippen molar-refractivity contribution < 1.29 is 0 Å². The van der Waals surface area contributed by atoms with Gasteiger partial charge in [-0.15, -0.1) is 0 Å². The maximum absolute atomic E-state index is 6.28. The zero-order chi connectivity index (χ0) is 21.7. The minimum atomic E-state index is 0.245. The lowest BCUT2D eigenvalue weighted by Crippen LogP contribution is -2.46. The van der Waals surface area contributed by atoms with E-state index in [0.717, 1.165) is 42.7 Å². The van der Waals surface area contributed by atoms with Gasteiger partial charge in [0.25, 0.3) is 0 Å². The van der Waals surface area contributed by atoms with Gasteiger partial charge < -0.3 is 10.6 Å². The molecule has 2 heterocycles. The van der Waals surface area contributed by atoms with Gasteiger partial charge in [-0.25, -0.2) is 0 Å². The zero-order valence-corrected chi connectivity index (χ0v) is 19.6. The lowest BCUT2D eigenvalue weighted by atomic mass is 10.1. The van der Waals surface area contributed by atoms with Crippen molar-refractivity contribution in [1.82, 2.24) is 25.3 Å². The van der Waals surface area contributed by atoms with E-state index in [9.17, 15) is 0 Å². The third kappa shape index (κ3) is 5.55. The quantitative estimate of drug-likeness (QED) is 0.520. The van der Waals surface area contributed by atoms with Crippen LogP contribution < -0.4 is 10.6 Å². The van der Waals surface area contributed by atoms with Gasteiger partial charge in [0.05, 0.1) is 11.7 Å². The van der Waals surface area contributed by atoms with Crippen molar-refractivity contribution in [3.63, 3.8) is 0 Å². The predicted molar refractivity (Wildman–Crippen MR) is 125 cm³/mol. The van der Waals surface area contributed by atoms with E-state index in [2.05, 4.69) is 58.5 Å². The molecule has 0 aliphatic carbocycles. The third-order valence-electron chi connectivity index (χ3n) is 6.05. The molecule has 1 aromatic carbocycles. The van der Waals surface area contributed by atoms with Crippen LogP contribution in [0.5, 0.6) is 0 Å². The van der Waals surface area contributed by atoms with E-state index >= 15 is 0 Å². The van der Waals surface area contributed by atoms with Crippen LogP contribution in [0.1, 0.15) is 48.3 Å². The van der Waals surface area contributed by atoms with Crippen molar-refractivity contribution in [2.75, 3.05) is 26.7 Å². The molecule has 2 atom stereocenters. The summed E-state index contributed by atoms with van der Waals surface area (Å²) in [4.78, 5) is 7.00. The highest BCUT2D eigenvalue weighted by Gasteiger charge is 2.24. The number of hydrogen-bond donors (Lipinski definition) is 2. The fraction of sp³-hybridized carbons (Fsp3) is 0.565. The molecule has 1 saturated heterocycles. The predicted octanol–water partition coefficient (Wildman–Crippen LogP) is 3.62. The first-order chi connectivity index (χ1) is 14.4. The van der Waals surface area contributed by atoms with Crippen molar-refractivity contribution in [1.29, 1.82) is 0 Å². The number of aryl methyl sites for hydroxylation is 2. The van der Waals surface area contributed by atoms with Crippen LogP contribution in [0.25, 0.3) is 0 Å². The van der Waals surface area contributed by atoms with E-state index in [4.69, 9.17) is 11.6 Å². The van der Waals surface area contributed by atoms with Gasteiger partial charge in [-0.3, -0.25) is 14.6 Å². The van der Waals surface area contributed by atoms with Gasteiger partial charge in [-0.05, 0) is 76.4 Å². The second-order valence-electron chi connectivity index (χ2n) is 8.29. The number of benzene rings is 1. The summed E-state index contributed by atoms with van der Waals surface area (Å²) in [6, 6.07) is 8.75. The van der Waals surface area contributed by atoms with Gasteiger partial charge in [0.2, 0.25) is 0 Å². The third-order valence-corrected chi connectivity index (χ3v) is 6.29. The Morgan fingerprint density at radius 3 is 2.60 bits per heavy atom. The molecule has 164 valence electrons. The topological polar surface area (TPSA) is 57.5 Å². The second-order valence-corrected chi connectivity index (χ2v) is 8.73. The molecule has 0 bridgehead atoms. The van der Waals surface area contributed by atoms with Crippen molar-refractivity contribution >= 4 is 17.6 Å². The minimum Gasteiger partial charge on any atom is -0.354 e. The summed E-state index contributed by atoms with van der Waals surface area (Å²) in [5, 5.41) is 12.4. The van der Waals surface area contributed by atoms with Gasteiger partial charge >= 0.3 is 0 Å². The monoisotopic (exact) mass is 430 g/mol. The lowest BCUT2D eigenvalue weighted by Gasteiger charge is -2.29. The number of likely N-dealkylation sites (tertiary alicyclic amines) is 1. The molecule has 0 radical (unpaired) electrons. The Balaban J connectivity index is 1.63. The molecule has 2 aromatic rings. The number of hydrogen-bond acceptors (Lipinski definition) is 3. The van der Waals surface area contributed by atoms with Crippen molar-refractivity contribution in [3.05, 3.63) is 51.8 Å². The van der Waals surface area contributed by atoms with E-state index in [1.165, 1.54) is 29.7 Å². The molecule has 6 nitrogen and oxygen atoms in total. The van der Waals surface area contributed by atoms with E-state index in [0.29, 0.717) is 0 Å². The Morgan fingerprint density at radius 2 is 2.00 bits per heavy atom. The number of aliphatic imine (C=N–C) groups is 1. The highest BCUT2D eigenvalue weighted by molar-refractivity contribution is 6.30. The molecule has 2 N–H and O–H groups in total. The first-order valence-corrected chi connectivity index (χ1v) is 11.2. The number of rotatable bonds is 7. The molecule has 3 rings (SSSR count). The van der Waals surface area contributed by atoms with Crippen LogP contribution in [0.2, 0.25) is 5.02 Å². The number of halogens is 1. The summed E-state index contributed by atoms with van der Waals surface area (Å²) in [6.07, 6.45) is 3.42. The van der Waals surface area contributed by atoms with Crippen LogP contribution >= 0.6 is 11.6 Å². The van der Waals surface area contributed by atoms with E-state index in [1.54, 1.807) is 0 Å². The molecular weight excluding hydrogens is 396 g/mol. The summed E-state index contributed by atoms with van der Waals surface area (Å²) < 4.78 is 1.95. The van der Waals surface area contributed by atoms with Crippen LogP contribution in [0.4, 0.5) is 0 Å². The van der Waals surface area contributed by atoms with E-state index in [-0.39, 0.29) is 12.1 Å². The normalized spacial score (nSPS) is 17.2. The van der Waals surface area contributed by atoms with Gasteiger partial charge in [0.15, 0.2) is 5.96 Å². The minimum absolute atomic E-state index is 0.245. The summed E-state index contributed by atoms with van der Waals surface area (Å²) in [7, 11) is 3.83. The second kappa shape index (κ2) is 10.3. The van der Waals surface area contributed by atoms with Gasteiger partial charge in [-0.1, -0.05) is 23.7 Å². The van der Waals surface area contributed by atoms with Crippen LogP contribution in [0.3, 0.4) is 0 Å². The number of nitrogens with zero attached hydrogens (tertiary/aromatic N) is 4. The maximum atomic E-state index is 6.28. The summed E-state index contributed by atoms with van der Waals surface area (Å²) in [5.74, 6) is 0.827. The number of nitrogens with one attached hydrogen (secondary N) is 2. The molecule has 0 saturated carbocycles. The largest absolute Gasteiger partial charge is 0.354 e. The molecule has 2 unspecified atom stereocenters. The van der Waals surface area contributed by atoms with Crippen molar-refractivity contribution in [2.45, 2.75) is 52.1 Å². The Labute approximate surface area is 185 Å². The van der Waals surface area contributed by atoms with Crippen LogP contribution in [-0.2, 0) is 13.5 Å². The van der Waals surface area contributed by atoms with Crippen LogP contribution in [0, 0.1) is 13.8 Å². The Bertz CT molecular complexity index is 869. The van der Waals surface area contributed by atoms with Crippen molar-refractivity contribution in [3.8, 4) is 0 Å². The molecule has 30 heavy (non-hydrogen) atoms. The molecule has 0 spiro atoms. The van der Waals surface area contributed by atoms with Crippen molar-refractivity contribution in [2.24, 2.45) is 12.0 Å². The number of guanidine groups is 1. The Kier molecular flexibility index (Phi) is 7.78. The standard InChI is InChI=1S/C23H35ClN6/c1-16(13-21-17(2)28-29(5)18(21)3)27-23(25-4)26-15-22(30-11-6-7-12-30)19-9-8-10-20(24)14-19/h8-10,14,16,22H,6-7,11-13,15H2,1-5H3,(H2,25,26,27). The highest BCUT2D eigenvalue weighted by Crippen LogP contribution is 2.26. The fourth-order valence-corrected chi connectivity index (χ4v) is 4.52. The zero-order valence-electron chi connectivity index (χ0n) is 18.9. The molecule has 1 aliphatic heterocycles. The average Bonchev–Trinajstić information content (AvgIpc) is 3.32. The highest BCUT2D eigenvalue weighted by atomic mass is 35.5. The van der Waals surface area contributed by atoms with Gasteiger partial charge in [0.1, 0.15) is 0 Å². The summed E-state index contributed by atoms with van der Waals surface area (Å²) in [5.41, 5.74) is 4.88. The van der Waals surface area contributed by atoms with E-state index in [1.807, 2.05) is 30.9 Å². The average molecular weight is 431 g/mol. The van der Waals surface area contributed by atoms with Crippen LogP contribution in [0.15, 0.2) is 29.3 Å². The molecule has 1 aliphatic rings. The van der Waals surface area contributed by atoms with Gasteiger partial charge in [0, 0.05) is 37.4 Å².